The third kappa shape index (κ3) is 6.59. The minimum absolute atomic E-state index is 0.0565. The lowest BCUT2D eigenvalue weighted by molar-refractivity contribution is -0.119. The molecule has 1 amide bonds. The molecule has 0 aliphatic heterocycles. The largest absolute Gasteiger partial charge is 0.494 e. The summed E-state index contributed by atoms with van der Waals surface area (Å²) in [6, 6.07) is 17.1. The van der Waals surface area contributed by atoms with E-state index in [4.69, 9.17) is 21.6 Å². The van der Waals surface area contributed by atoms with Gasteiger partial charge in [-0.05, 0) is 55.9 Å². The van der Waals surface area contributed by atoms with Crippen LogP contribution >= 0.6 is 11.6 Å². The van der Waals surface area contributed by atoms with E-state index in [0.717, 1.165) is 17.0 Å². The number of rotatable bonds is 9. The van der Waals surface area contributed by atoms with Crippen LogP contribution in [0.2, 0.25) is 5.02 Å². The maximum Gasteiger partial charge on any atom is 0.241 e. The van der Waals surface area contributed by atoms with Gasteiger partial charge in [0.25, 0.3) is 0 Å². The molecule has 2 aromatic carbocycles. The number of carbonyl (C=O) groups excluding carboxylic acids is 1. The summed E-state index contributed by atoms with van der Waals surface area (Å²) in [4.78, 5) is 16.4. The minimum atomic E-state index is -0.0565. The molecular weight excluding hydrogens is 362 g/mol. The Balaban J connectivity index is 2.06. The highest BCUT2D eigenvalue weighted by Gasteiger charge is 2.17. The second kappa shape index (κ2) is 10.6. The summed E-state index contributed by atoms with van der Waals surface area (Å²) in [5.74, 6) is 0.700. The molecule has 0 fully saturated rings. The van der Waals surface area contributed by atoms with E-state index < -0.39 is 0 Å². The molecule has 0 aromatic heterocycles. The number of nitriles is 1. The maximum atomic E-state index is 12.8. The Morgan fingerprint density at radius 3 is 2.59 bits per heavy atom. The van der Waals surface area contributed by atoms with Crippen molar-refractivity contribution in [3.63, 3.8) is 0 Å². The van der Waals surface area contributed by atoms with Gasteiger partial charge in [0.05, 0.1) is 25.6 Å². The monoisotopic (exact) mass is 385 g/mol. The Morgan fingerprint density at radius 1 is 1.22 bits per heavy atom. The number of carbonyl (C=O) groups is 1. The van der Waals surface area contributed by atoms with E-state index in [-0.39, 0.29) is 18.9 Å². The van der Waals surface area contributed by atoms with Crippen molar-refractivity contribution in [3.8, 4) is 11.8 Å². The summed E-state index contributed by atoms with van der Waals surface area (Å²) in [5.41, 5.74) is 1.80. The molecule has 5 nitrogen and oxygen atoms in total. The molecule has 0 spiro atoms. The van der Waals surface area contributed by atoms with Gasteiger partial charge in [-0.3, -0.25) is 9.69 Å². The van der Waals surface area contributed by atoms with Crippen LogP contribution in [0.1, 0.15) is 18.9 Å². The molecule has 0 N–H and O–H groups in total. The zero-order valence-electron chi connectivity index (χ0n) is 15.7. The molecule has 6 heteroatoms. The van der Waals surface area contributed by atoms with Gasteiger partial charge in [-0.1, -0.05) is 23.7 Å². The summed E-state index contributed by atoms with van der Waals surface area (Å²) in [6.07, 6.45) is 0.275. The SMILES string of the molecule is CCOc1ccc(N(CCC#N)C(=O)CN(C)Cc2cccc(Cl)c2)cc1. The van der Waals surface area contributed by atoms with Gasteiger partial charge in [-0.2, -0.15) is 5.26 Å². The lowest BCUT2D eigenvalue weighted by Gasteiger charge is -2.25. The highest BCUT2D eigenvalue weighted by molar-refractivity contribution is 6.30. The molecule has 0 aliphatic carbocycles. The molecule has 0 saturated heterocycles. The number of hydrogen-bond acceptors (Lipinski definition) is 4. The van der Waals surface area contributed by atoms with Crippen molar-refractivity contribution in [2.45, 2.75) is 19.9 Å². The average Bonchev–Trinajstić information content (AvgIpc) is 2.63. The van der Waals surface area contributed by atoms with Crippen LogP contribution in [0.25, 0.3) is 0 Å². The lowest BCUT2D eigenvalue weighted by Crippen LogP contribution is -2.39. The molecule has 0 radical (unpaired) electrons. The summed E-state index contributed by atoms with van der Waals surface area (Å²) < 4.78 is 5.45. The molecule has 0 bridgehead atoms. The van der Waals surface area contributed by atoms with Gasteiger partial charge in [0.1, 0.15) is 5.75 Å². The number of anilines is 1. The van der Waals surface area contributed by atoms with Crippen LogP contribution in [0.15, 0.2) is 48.5 Å². The van der Waals surface area contributed by atoms with Crippen molar-refractivity contribution in [2.75, 3.05) is 31.6 Å². The van der Waals surface area contributed by atoms with E-state index in [1.165, 1.54) is 0 Å². The van der Waals surface area contributed by atoms with Gasteiger partial charge >= 0.3 is 0 Å². The van der Waals surface area contributed by atoms with E-state index >= 15 is 0 Å². The second-order valence-corrected chi connectivity index (χ2v) is 6.62. The molecule has 0 heterocycles. The topological polar surface area (TPSA) is 56.6 Å². The first-order chi connectivity index (χ1) is 13.0. The first-order valence-electron chi connectivity index (χ1n) is 8.86. The van der Waals surface area contributed by atoms with E-state index in [0.29, 0.717) is 24.7 Å². The number of amides is 1. The third-order valence-corrected chi connectivity index (χ3v) is 4.19. The Labute approximate surface area is 165 Å². The fourth-order valence-corrected chi connectivity index (χ4v) is 2.98. The van der Waals surface area contributed by atoms with E-state index in [2.05, 4.69) is 6.07 Å². The lowest BCUT2D eigenvalue weighted by atomic mass is 10.2. The van der Waals surface area contributed by atoms with Crippen molar-refractivity contribution >= 4 is 23.2 Å². The molecule has 0 unspecified atom stereocenters. The average molecular weight is 386 g/mol. The normalized spacial score (nSPS) is 10.5. The molecule has 2 aromatic rings. The smallest absolute Gasteiger partial charge is 0.241 e. The van der Waals surface area contributed by atoms with Gasteiger partial charge in [-0.25, -0.2) is 0 Å². The van der Waals surface area contributed by atoms with Crippen molar-refractivity contribution in [1.82, 2.24) is 4.90 Å². The van der Waals surface area contributed by atoms with Gasteiger partial charge in [0, 0.05) is 23.8 Å². The first kappa shape index (κ1) is 20.8. The number of ether oxygens (including phenoxy) is 1. The van der Waals surface area contributed by atoms with Gasteiger partial charge in [0.15, 0.2) is 0 Å². The standard InChI is InChI=1S/C21H24ClN3O2/c1-3-27-20-10-8-19(9-11-20)25(13-5-12-23)21(26)16-24(2)15-17-6-4-7-18(22)14-17/h4,6-11,14H,3,5,13,15-16H2,1-2H3. The number of nitrogens with zero attached hydrogens (tertiary/aromatic N) is 3. The fourth-order valence-electron chi connectivity index (χ4n) is 2.77. The molecule has 0 saturated carbocycles. The van der Waals surface area contributed by atoms with Crippen LogP contribution in [-0.2, 0) is 11.3 Å². The summed E-state index contributed by atoms with van der Waals surface area (Å²) in [6.45, 7) is 3.72. The van der Waals surface area contributed by atoms with Crippen LogP contribution < -0.4 is 9.64 Å². The predicted molar refractivity (Wildman–Crippen MR) is 108 cm³/mol. The first-order valence-corrected chi connectivity index (χ1v) is 9.24. The van der Waals surface area contributed by atoms with Crippen molar-refractivity contribution in [3.05, 3.63) is 59.1 Å². The van der Waals surface area contributed by atoms with Crippen LogP contribution in [-0.4, -0.2) is 37.6 Å². The quantitative estimate of drug-likeness (QED) is 0.651. The number of likely N-dealkylation sites (N-methyl/N-ethyl adjacent to an activating group) is 1. The van der Waals surface area contributed by atoms with Crippen LogP contribution in [0.3, 0.4) is 0 Å². The van der Waals surface area contributed by atoms with Crippen molar-refractivity contribution in [1.29, 1.82) is 5.26 Å². The number of benzene rings is 2. The highest BCUT2D eigenvalue weighted by atomic mass is 35.5. The zero-order valence-corrected chi connectivity index (χ0v) is 16.4. The number of hydrogen-bond donors (Lipinski definition) is 0. The molecule has 2 rings (SSSR count). The minimum Gasteiger partial charge on any atom is -0.494 e. The van der Waals surface area contributed by atoms with Gasteiger partial charge in [0.2, 0.25) is 5.91 Å². The molecular formula is C21H24ClN3O2. The predicted octanol–water partition coefficient (Wildman–Crippen LogP) is 4.12. The third-order valence-electron chi connectivity index (χ3n) is 3.95. The van der Waals surface area contributed by atoms with E-state index in [1.54, 1.807) is 4.90 Å². The van der Waals surface area contributed by atoms with Crippen LogP contribution in [0, 0.1) is 11.3 Å². The van der Waals surface area contributed by atoms with Crippen molar-refractivity contribution < 1.29 is 9.53 Å². The summed E-state index contributed by atoms with van der Waals surface area (Å²) in [7, 11) is 1.89. The van der Waals surface area contributed by atoms with Crippen LogP contribution in [0.4, 0.5) is 5.69 Å². The second-order valence-electron chi connectivity index (χ2n) is 6.18. The number of halogens is 1. The van der Waals surface area contributed by atoms with E-state index in [9.17, 15) is 4.79 Å². The highest BCUT2D eigenvalue weighted by Crippen LogP contribution is 2.20. The van der Waals surface area contributed by atoms with Crippen molar-refractivity contribution in [2.24, 2.45) is 0 Å². The maximum absolute atomic E-state index is 12.8. The van der Waals surface area contributed by atoms with Gasteiger partial charge in [-0.15, -0.1) is 0 Å². The molecule has 27 heavy (non-hydrogen) atoms. The van der Waals surface area contributed by atoms with Gasteiger partial charge < -0.3 is 9.64 Å². The fraction of sp³-hybridized carbons (Fsp3) is 0.333. The summed E-state index contributed by atoms with van der Waals surface area (Å²) >= 11 is 6.02. The summed E-state index contributed by atoms with van der Waals surface area (Å²) in [5, 5.41) is 9.61. The Kier molecular flexibility index (Phi) is 8.12. The van der Waals surface area contributed by atoms with E-state index in [1.807, 2.05) is 67.4 Å². The Bertz CT molecular complexity index is 787. The van der Waals surface area contributed by atoms with Crippen LogP contribution in [0.5, 0.6) is 5.75 Å². The Morgan fingerprint density at radius 2 is 1.96 bits per heavy atom. The molecule has 0 aliphatic rings. The molecule has 142 valence electrons. The Hall–Kier alpha value is -2.55. The zero-order chi connectivity index (χ0) is 19.6. The molecule has 0 atom stereocenters.